The van der Waals surface area contributed by atoms with Crippen molar-refractivity contribution in [1.82, 2.24) is 9.97 Å². The highest BCUT2D eigenvalue weighted by atomic mass is 32.2. The Labute approximate surface area is 99.9 Å². The van der Waals surface area contributed by atoms with Gasteiger partial charge in [0.15, 0.2) is 5.16 Å². The summed E-state index contributed by atoms with van der Waals surface area (Å²) in [5.74, 6) is 1.21. The predicted octanol–water partition coefficient (Wildman–Crippen LogP) is 1.35. The lowest BCUT2D eigenvalue weighted by Crippen LogP contribution is -2.08. The number of thioether (sulfide) groups is 1. The molecule has 0 aliphatic rings. The molecule has 0 bridgehead atoms. The maximum Gasteiger partial charge on any atom is 0.191 e. The SMILES string of the molecule is CSc1nc(N)cc(NCCCC(C)O)n1. The zero-order valence-electron chi connectivity index (χ0n) is 9.60. The summed E-state index contributed by atoms with van der Waals surface area (Å²) in [4.78, 5) is 8.33. The Morgan fingerprint density at radius 1 is 1.56 bits per heavy atom. The monoisotopic (exact) mass is 242 g/mol. The minimum absolute atomic E-state index is 0.251. The van der Waals surface area contributed by atoms with E-state index in [4.69, 9.17) is 10.8 Å². The summed E-state index contributed by atoms with van der Waals surface area (Å²) in [6.07, 6.45) is 3.34. The Hall–Kier alpha value is -1.01. The van der Waals surface area contributed by atoms with Crippen LogP contribution in [0.2, 0.25) is 0 Å². The average molecular weight is 242 g/mol. The van der Waals surface area contributed by atoms with Gasteiger partial charge in [0.25, 0.3) is 0 Å². The molecule has 0 spiro atoms. The maximum absolute atomic E-state index is 9.10. The molecule has 1 unspecified atom stereocenters. The van der Waals surface area contributed by atoms with Crippen LogP contribution >= 0.6 is 11.8 Å². The van der Waals surface area contributed by atoms with E-state index in [-0.39, 0.29) is 6.10 Å². The molecule has 0 saturated carbocycles. The molecule has 1 aromatic heterocycles. The first kappa shape index (κ1) is 13.1. The summed E-state index contributed by atoms with van der Waals surface area (Å²) in [5.41, 5.74) is 5.64. The van der Waals surface area contributed by atoms with E-state index in [0.717, 1.165) is 25.2 Å². The number of aliphatic hydroxyl groups excluding tert-OH is 1. The van der Waals surface area contributed by atoms with E-state index in [0.29, 0.717) is 11.0 Å². The number of rotatable bonds is 6. The molecule has 0 radical (unpaired) electrons. The molecule has 0 aliphatic heterocycles. The summed E-state index contributed by atoms with van der Waals surface area (Å²) in [7, 11) is 0. The molecule has 0 amide bonds. The zero-order valence-corrected chi connectivity index (χ0v) is 10.4. The molecule has 6 heteroatoms. The molecule has 1 aromatic rings. The van der Waals surface area contributed by atoms with Crippen LogP contribution in [0, 0.1) is 0 Å². The molecule has 1 rings (SSSR count). The molecule has 5 nitrogen and oxygen atoms in total. The highest BCUT2D eigenvalue weighted by Crippen LogP contribution is 2.15. The fraction of sp³-hybridized carbons (Fsp3) is 0.600. The van der Waals surface area contributed by atoms with Crippen molar-refractivity contribution in [2.75, 3.05) is 23.9 Å². The van der Waals surface area contributed by atoms with Crippen LogP contribution in [0.4, 0.5) is 11.6 Å². The predicted molar refractivity (Wildman–Crippen MR) is 67.6 cm³/mol. The number of nitrogen functional groups attached to an aromatic ring is 1. The van der Waals surface area contributed by atoms with Gasteiger partial charge in [-0.15, -0.1) is 0 Å². The highest BCUT2D eigenvalue weighted by Gasteiger charge is 2.01. The standard InChI is InChI=1S/C10H18N4OS/c1-7(15)4-3-5-12-9-6-8(11)13-10(14-9)16-2/h6-7,15H,3-5H2,1-2H3,(H3,11,12,13,14). The number of anilines is 2. The van der Waals surface area contributed by atoms with E-state index >= 15 is 0 Å². The molecule has 1 heterocycles. The van der Waals surface area contributed by atoms with Crippen molar-refractivity contribution in [2.24, 2.45) is 0 Å². The van der Waals surface area contributed by atoms with Crippen LogP contribution in [0.5, 0.6) is 0 Å². The van der Waals surface area contributed by atoms with Gasteiger partial charge in [0.1, 0.15) is 11.6 Å². The van der Waals surface area contributed by atoms with E-state index in [1.807, 2.05) is 6.26 Å². The van der Waals surface area contributed by atoms with Crippen LogP contribution < -0.4 is 11.1 Å². The van der Waals surface area contributed by atoms with Crippen LogP contribution in [0.15, 0.2) is 11.2 Å². The van der Waals surface area contributed by atoms with Crippen LogP contribution in [-0.2, 0) is 0 Å². The van der Waals surface area contributed by atoms with Gasteiger partial charge in [-0.1, -0.05) is 11.8 Å². The van der Waals surface area contributed by atoms with E-state index in [1.165, 1.54) is 11.8 Å². The van der Waals surface area contributed by atoms with Crippen molar-refractivity contribution in [3.63, 3.8) is 0 Å². The molecule has 0 saturated heterocycles. The minimum Gasteiger partial charge on any atom is -0.393 e. The van der Waals surface area contributed by atoms with Crippen molar-refractivity contribution < 1.29 is 5.11 Å². The molecular formula is C10H18N4OS. The Kier molecular flexibility index (Phi) is 5.34. The third-order valence-corrected chi connectivity index (χ3v) is 2.56. The molecule has 4 N–H and O–H groups in total. The van der Waals surface area contributed by atoms with Crippen LogP contribution in [0.25, 0.3) is 0 Å². The number of hydrogen-bond donors (Lipinski definition) is 3. The lowest BCUT2D eigenvalue weighted by Gasteiger charge is -2.08. The number of hydrogen-bond acceptors (Lipinski definition) is 6. The number of nitrogens with two attached hydrogens (primary N) is 1. The smallest absolute Gasteiger partial charge is 0.191 e. The van der Waals surface area contributed by atoms with Crippen molar-refractivity contribution >= 4 is 23.4 Å². The molecule has 16 heavy (non-hydrogen) atoms. The van der Waals surface area contributed by atoms with E-state index in [1.54, 1.807) is 13.0 Å². The number of aromatic nitrogens is 2. The summed E-state index contributed by atoms with van der Waals surface area (Å²) in [6, 6.07) is 1.71. The lowest BCUT2D eigenvalue weighted by atomic mass is 10.2. The fourth-order valence-electron chi connectivity index (χ4n) is 1.24. The second-order valence-corrected chi connectivity index (χ2v) is 4.36. The molecule has 0 aliphatic carbocycles. The number of nitrogens with zero attached hydrogens (tertiary/aromatic N) is 2. The number of aliphatic hydroxyl groups is 1. The summed E-state index contributed by atoms with van der Waals surface area (Å²) in [5, 5.41) is 12.9. The first-order valence-electron chi connectivity index (χ1n) is 5.22. The Morgan fingerprint density at radius 3 is 2.94 bits per heavy atom. The van der Waals surface area contributed by atoms with Crippen LogP contribution in [0.1, 0.15) is 19.8 Å². The van der Waals surface area contributed by atoms with Gasteiger partial charge in [0.2, 0.25) is 0 Å². The Bertz CT molecular complexity index is 333. The summed E-state index contributed by atoms with van der Waals surface area (Å²) >= 11 is 1.46. The summed E-state index contributed by atoms with van der Waals surface area (Å²) in [6.45, 7) is 2.56. The first-order chi connectivity index (χ1) is 7.61. The lowest BCUT2D eigenvalue weighted by molar-refractivity contribution is 0.183. The van der Waals surface area contributed by atoms with Gasteiger partial charge >= 0.3 is 0 Å². The maximum atomic E-state index is 9.10. The van der Waals surface area contributed by atoms with Gasteiger partial charge in [0, 0.05) is 12.6 Å². The topological polar surface area (TPSA) is 84.1 Å². The molecule has 1 atom stereocenters. The normalized spacial score (nSPS) is 12.4. The van der Waals surface area contributed by atoms with Gasteiger partial charge in [-0.05, 0) is 26.0 Å². The van der Waals surface area contributed by atoms with Gasteiger partial charge in [0.05, 0.1) is 6.10 Å². The summed E-state index contributed by atoms with van der Waals surface area (Å²) < 4.78 is 0. The minimum atomic E-state index is -0.251. The van der Waals surface area contributed by atoms with E-state index < -0.39 is 0 Å². The molecule has 0 fully saturated rings. The van der Waals surface area contributed by atoms with Crippen molar-refractivity contribution in [3.8, 4) is 0 Å². The average Bonchev–Trinajstić information content (AvgIpc) is 2.23. The second-order valence-electron chi connectivity index (χ2n) is 3.58. The van der Waals surface area contributed by atoms with Crippen LogP contribution in [0.3, 0.4) is 0 Å². The van der Waals surface area contributed by atoms with Gasteiger partial charge < -0.3 is 16.2 Å². The molecule has 90 valence electrons. The van der Waals surface area contributed by atoms with Crippen molar-refractivity contribution in [2.45, 2.75) is 31.0 Å². The fourth-order valence-corrected chi connectivity index (χ4v) is 1.63. The van der Waals surface area contributed by atoms with E-state index in [2.05, 4.69) is 15.3 Å². The molecule has 0 aromatic carbocycles. The third kappa shape index (κ3) is 4.67. The van der Waals surface area contributed by atoms with Crippen molar-refractivity contribution in [1.29, 1.82) is 0 Å². The molecular weight excluding hydrogens is 224 g/mol. The number of nitrogens with one attached hydrogen (secondary N) is 1. The third-order valence-electron chi connectivity index (χ3n) is 2.01. The van der Waals surface area contributed by atoms with Gasteiger partial charge in [-0.2, -0.15) is 0 Å². The van der Waals surface area contributed by atoms with E-state index in [9.17, 15) is 0 Å². The largest absolute Gasteiger partial charge is 0.393 e. The zero-order chi connectivity index (χ0) is 12.0. The first-order valence-corrected chi connectivity index (χ1v) is 6.44. The van der Waals surface area contributed by atoms with Crippen molar-refractivity contribution in [3.05, 3.63) is 6.07 Å². The van der Waals surface area contributed by atoms with Crippen LogP contribution in [-0.4, -0.2) is 34.0 Å². The quantitative estimate of drug-likeness (QED) is 0.397. The van der Waals surface area contributed by atoms with Gasteiger partial charge in [-0.3, -0.25) is 0 Å². The Balaban J connectivity index is 2.44. The second kappa shape index (κ2) is 6.55. The van der Waals surface area contributed by atoms with Gasteiger partial charge in [-0.25, -0.2) is 9.97 Å². The Morgan fingerprint density at radius 2 is 2.31 bits per heavy atom. The highest BCUT2D eigenvalue weighted by molar-refractivity contribution is 7.98.